The van der Waals surface area contributed by atoms with Crippen LogP contribution in [-0.4, -0.2) is 6.21 Å². The molecule has 0 fully saturated rings. The van der Waals surface area contributed by atoms with Gasteiger partial charge in [-0.3, -0.25) is 0 Å². The van der Waals surface area contributed by atoms with E-state index in [4.69, 9.17) is 0 Å². The van der Waals surface area contributed by atoms with E-state index in [2.05, 4.69) is 36.3 Å². The number of rotatable bonds is 4. The van der Waals surface area contributed by atoms with Gasteiger partial charge < -0.3 is 0 Å². The molecule has 0 unspecified atom stereocenters. The lowest BCUT2D eigenvalue weighted by Crippen LogP contribution is -2.06. The molecule has 1 aromatic rings. The molecule has 0 heterocycles. The van der Waals surface area contributed by atoms with Crippen molar-refractivity contribution in [1.29, 1.82) is 0 Å². The summed E-state index contributed by atoms with van der Waals surface area (Å²) in [5, 5.41) is 6.12. The minimum atomic E-state index is 1.07. The predicted molar refractivity (Wildman–Crippen MR) is 67.3 cm³/mol. The molecule has 0 aliphatic carbocycles. The topological polar surface area (TPSA) is 15.6 Å². The molecule has 2 nitrogen and oxygen atoms in total. The Kier molecular flexibility index (Phi) is 4.61. The van der Waals surface area contributed by atoms with Gasteiger partial charge in [0, 0.05) is 12.4 Å². The Hall–Kier alpha value is -1.57. The van der Waals surface area contributed by atoms with E-state index in [9.17, 15) is 0 Å². The summed E-state index contributed by atoms with van der Waals surface area (Å²) in [6, 6.07) is 8.45. The summed E-state index contributed by atoms with van der Waals surface area (Å²) in [5.74, 6) is 0. The normalized spacial score (nSPS) is 11.4. The van der Waals surface area contributed by atoms with E-state index in [1.807, 2.05) is 31.1 Å². The summed E-state index contributed by atoms with van der Waals surface area (Å²) in [5.41, 5.74) is 2.43. The van der Waals surface area contributed by atoms with Gasteiger partial charge in [0.25, 0.3) is 0 Å². The molecule has 0 aromatic heterocycles. The van der Waals surface area contributed by atoms with Crippen molar-refractivity contribution in [2.45, 2.75) is 27.2 Å². The second-order valence-corrected chi connectivity index (χ2v) is 3.22. The Morgan fingerprint density at radius 2 is 1.87 bits per heavy atom. The number of hydrogen-bond donors (Lipinski definition) is 0. The van der Waals surface area contributed by atoms with Gasteiger partial charge in [-0.1, -0.05) is 25.1 Å². The van der Waals surface area contributed by atoms with Gasteiger partial charge in [-0.15, -0.1) is 0 Å². The molecule has 0 atom stereocenters. The zero-order valence-electron chi connectivity index (χ0n) is 9.64. The van der Waals surface area contributed by atoms with Crippen molar-refractivity contribution in [3.63, 3.8) is 0 Å². The number of benzene rings is 1. The van der Waals surface area contributed by atoms with Crippen molar-refractivity contribution in [1.82, 2.24) is 0 Å². The van der Waals surface area contributed by atoms with E-state index in [-0.39, 0.29) is 0 Å². The van der Waals surface area contributed by atoms with Gasteiger partial charge in [-0.25, -0.2) is 5.01 Å². The lowest BCUT2D eigenvalue weighted by molar-refractivity contribution is 1.07. The molecule has 2 heteroatoms. The highest BCUT2D eigenvalue weighted by Gasteiger charge is 1.99. The number of nitrogens with zero attached hydrogens (tertiary/aromatic N) is 2. The van der Waals surface area contributed by atoms with Crippen LogP contribution >= 0.6 is 0 Å². The van der Waals surface area contributed by atoms with Crippen LogP contribution < -0.4 is 5.01 Å². The van der Waals surface area contributed by atoms with E-state index in [1.54, 1.807) is 6.21 Å². The van der Waals surface area contributed by atoms with Crippen molar-refractivity contribution in [2.75, 3.05) is 5.01 Å². The molecule has 1 aromatic carbocycles. The van der Waals surface area contributed by atoms with E-state index in [1.165, 1.54) is 5.56 Å². The Balaban J connectivity index is 2.91. The molecule has 0 N–H and O–H groups in total. The minimum absolute atomic E-state index is 1.07. The van der Waals surface area contributed by atoms with Crippen molar-refractivity contribution in [3.05, 3.63) is 42.1 Å². The summed E-state index contributed by atoms with van der Waals surface area (Å²) in [6.45, 7) is 6.05. The lowest BCUT2D eigenvalue weighted by atomic mass is 10.1. The van der Waals surface area contributed by atoms with Crippen LogP contribution in [-0.2, 0) is 6.42 Å². The maximum atomic E-state index is 4.26. The van der Waals surface area contributed by atoms with E-state index in [0.717, 1.165) is 12.1 Å². The third-order valence-corrected chi connectivity index (χ3v) is 2.14. The van der Waals surface area contributed by atoms with Crippen LogP contribution in [0.3, 0.4) is 0 Å². The third-order valence-electron chi connectivity index (χ3n) is 2.14. The van der Waals surface area contributed by atoms with Crippen LogP contribution in [0.2, 0.25) is 0 Å². The summed E-state index contributed by atoms with van der Waals surface area (Å²) in [7, 11) is 0. The van der Waals surface area contributed by atoms with Crippen molar-refractivity contribution < 1.29 is 0 Å². The molecule has 0 spiro atoms. The Morgan fingerprint density at radius 3 is 2.33 bits per heavy atom. The van der Waals surface area contributed by atoms with E-state index < -0.39 is 0 Å². The lowest BCUT2D eigenvalue weighted by Gasteiger charge is -2.14. The maximum absolute atomic E-state index is 4.26. The van der Waals surface area contributed by atoms with E-state index >= 15 is 0 Å². The highest BCUT2D eigenvalue weighted by molar-refractivity contribution is 5.59. The van der Waals surface area contributed by atoms with Gasteiger partial charge >= 0.3 is 0 Å². The quantitative estimate of drug-likeness (QED) is 0.538. The monoisotopic (exact) mass is 202 g/mol. The molecule has 15 heavy (non-hydrogen) atoms. The maximum Gasteiger partial charge on any atom is 0.0645 e. The van der Waals surface area contributed by atoms with Crippen molar-refractivity contribution in [3.8, 4) is 0 Å². The van der Waals surface area contributed by atoms with Gasteiger partial charge in [-0.2, -0.15) is 5.10 Å². The molecule has 0 aliphatic heterocycles. The number of hydrazone groups is 1. The molecule has 1 rings (SSSR count). The summed E-state index contributed by atoms with van der Waals surface area (Å²) in [4.78, 5) is 0. The van der Waals surface area contributed by atoms with Gasteiger partial charge in [-0.05, 0) is 38.0 Å². The van der Waals surface area contributed by atoms with Crippen LogP contribution in [0.15, 0.2) is 41.6 Å². The smallest absolute Gasteiger partial charge is 0.0645 e. The summed E-state index contributed by atoms with van der Waals surface area (Å²) < 4.78 is 0. The second-order valence-electron chi connectivity index (χ2n) is 3.22. The fraction of sp³-hybridized carbons (Fsp3) is 0.308. The number of hydrogen-bond acceptors (Lipinski definition) is 2. The zero-order valence-corrected chi connectivity index (χ0v) is 9.64. The predicted octanol–water partition coefficient (Wildman–Crippen LogP) is 3.59. The first-order chi connectivity index (χ1) is 7.31. The van der Waals surface area contributed by atoms with Gasteiger partial charge in [0.2, 0.25) is 0 Å². The molecule has 0 saturated heterocycles. The van der Waals surface area contributed by atoms with Crippen LogP contribution in [0.4, 0.5) is 5.69 Å². The first-order valence-electron chi connectivity index (χ1n) is 5.31. The highest BCUT2D eigenvalue weighted by atomic mass is 15.4. The van der Waals surface area contributed by atoms with Crippen LogP contribution in [0, 0.1) is 0 Å². The fourth-order valence-electron chi connectivity index (χ4n) is 1.34. The molecule has 0 amide bonds. The molecular formula is C13H18N2. The Labute approximate surface area is 91.9 Å². The fourth-order valence-corrected chi connectivity index (χ4v) is 1.34. The number of aryl methyl sites for hydroxylation is 1. The number of anilines is 1. The zero-order chi connectivity index (χ0) is 11.1. The van der Waals surface area contributed by atoms with Gasteiger partial charge in [0.15, 0.2) is 0 Å². The molecule has 0 aliphatic rings. The first-order valence-corrected chi connectivity index (χ1v) is 5.31. The van der Waals surface area contributed by atoms with Crippen LogP contribution in [0.5, 0.6) is 0 Å². The molecule has 0 radical (unpaired) electrons. The highest BCUT2D eigenvalue weighted by Crippen LogP contribution is 2.16. The van der Waals surface area contributed by atoms with Crippen LogP contribution in [0.25, 0.3) is 0 Å². The summed E-state index contributed by atoms with van der Waals surface area (Å²) >= 11 is 0. The number of allylic oxidation sites excluding steroid dienone is 1. The average Bonchev–Trinajstić information content (AvgIpc) is 2.29. The Bertz CT molecular complexity index is 324. The molecular weight excluding hydrogens is 184 g/mol. The average molecular weight is 202 g/mol. The molecule has 0 bridgehead atoms. The van der Waals surface area contributed by atoms with Crippen molar-refractivity contribution in [2.24, 2.45) is 5.10 Å². The Morgan fingerprint density at radius 1 is 1.20 bits per heavy atom. The largest absolute Gasteiger partial charge is 0.242 e. The van der Waals surface area contributed by atoms with Crippen molar-refractivity contribution >= 4 is 11.9 Å². The van der Waals surface area contributed by atoms with Gasteiger partial charge in [0.05, 0.1) is 5.69 Å². The first kappa shape index (κ1) is 11.5. The second kappa shape index (κ2) is 6.02. The minimum Gasteiger partial charge on any atom is -0.242 e. The standard InChI is InChI=1S/C13H18N2/c1-4-11-15(14-6-3)13-9-7-12(5-2)8-10-13/h4,6-11H,5H2,1-3H3/b11-4-,14-6-. The summed E-state index contributed by atoms with van der Waals surface area (Å²) in [6.07, 6.45) is 6.77. The molecule has 0 saturated carbocycles. The van der Waals surface area contributed by atoms with E-state index in [0.29, 0.717) is 0 Å². The van der Waals surface area contributed by atoms with Crippen LogP contribution in [0.1, 0.15) is 26.3 Å². The third kappa shape index (κ3) is 3.24. The SMILES string of the molecule is C/C=C\N(/N=C\C)c1ccc(CC)cc1. The molecule has 80 valence electrons. The van der Waals surface area contributed by atoms with Gasteiger partial charge in [0.1, 0.15) is 0 Å².